The predicted molar refractivity (Wildman–Crippen MR) is 230 cm³/mol. The van der Waals surface area contributed by atoms with Crippen LogP contribution in [0.5, 0.6) is 0 Å². The van der Waals surface area contributed by atoms with Gasteiger partial charge >= 0.3 is 10.2 Å². The van der Waals surface area contributed by atoms with Crippen LogP contribution in [-0.2, 0) is 26.3 Å². The number of rotatable bonds is 9. The van der Waals surface area contributed by atoms with Crippen LogP contribution >= 0.6 is 0 Å². The van der Waals surface area contributed by atoms with E-state index in [0.717, 1.165) is 71.4 Å². The van der Waals surface area contributed by atoms with Gasteiger partial charge in [0.1, 0.15) is 23.7 Å². The summed E-state index contributed by atoms with van der Waals surface area (Å²) in [6, 6.07) is 16.1. The number of fused-ring (bicyclic) bond motifs is 2. The van der Waals surface area contributed by atoms with Crippen molar-refractivity contribution in [2.45, 2.75) is 44.4 Å². The van der Waals surface area contributed by atoms with Crippen LogP contribution in [0.4, 0.5) is 24.5 Å². The van der Waals surface area contributed by atoms with E-state index in [0.29, 0.717) is 41.7 Å². The molecule has 2 aromatic heterocycles. The molecular formula is C46H41F3N8O6S. The fourth-order valence-corrected chi connectivity index (χ4v) is 10.8. The van der Waals surface area contributed by atoms with Crippen molar-refractivity contribution in [3.8, 4) is 23.0 Å². The Morgan fingerprint density at radius 3 is 2.55 bits per heavy atom. The number of piperidine rings is 1. The van der Waals surface area contributed by atoms with Crippen molar-refractivity contribution < 1.29 is 40.8 Å². The Kier molecular flexibility index (Phi) is 10.3. The summed E-state index contributed by atoms with van der Waals surface area (Å²) in [5.74, 6) is 2.05. The lowest BCUT2D eigenvalue weighted by atomic mass is 9.78. The zero-order valence-electron chi connectivity index (χ0n) is 34.3. The molecule has 14 nitrogen and oxygen atoms in total. The molecule has 2 atom stereocenters. The minimum Gasteiger partial charge on any atom is -0.370 e. The third kappa shape index (κ3) is 7.56. The molecule has 3 N–H and O–H groups in total. The highest BCUT2D eigenvalue weighted by molar-refractivity contribution is 7.90. The second-order valence-electron chi connectivity index (χ2n) is 17.2. The van der Waals surface area contributed by atoms with Crippen molar-refractivity contribution in [1.29, 1.82) is 0 Å². The number of alkyl halides is 1. The second-order valence-corrected chi connectivity index (χ2v) is 18.9. The number of amides is 3. The van der Waals surface area contributed by atoms with Crippen molar-refractivity contribution in [3.63, 3.8) is 0 Å². The van der Waals surface area contributed by atoms with Crippen LogP contribution in [0.2, 0.25) is 0 Å². The molecule has 5 aromatic rings. The lowest BCUT2D eigenvalue weighted by Crippen LogP contribution is -2.57. The number of ketones is 1. The first-order valence-electron chi connectivity index (χ1n) is 21.0. The van der Waals surface area contributed by atoms with E-state index < -0.39 is 63.5 Å². The number of likely N-dealkylation sites (tertiary alicyclic amines) is 1. The smallest absolute Gasteiger partial charge is 0.301 e. The van der Waals surface area contributed by atoms with Crippen LogP contribution in [0, 0.1) is 28.9 Å². The summed E-state index contributed by atoms with van der Waals surface area (Å²) < 4.78 is 72.9. The Morgan fingerprint density at radius 1 is 0.969 bits per heavy atom. The van der Waals surface area contributed by atoms with Crippen molar-refractivity contribution in [1.82, 2.24) is 29.4 Å². The number of pyridine rings is 1. The Bertz CT molecular complexity index is 2960. The summed E-state index contributed by atoms with van der Waals surface area (Å²) in [5, 5.41) is 2.66. The maximum absolute atomic E-state index is 15.7. The molecular weight excluding hydrogens is 850 g/mol. The maximum atomic E-state index is 15.7. The van der Waals surface area contributed by atoms with Crippen LogP contribution in [0.3, 0.4) is 0 Å². The molecule has 1 spiro atoms. The van der Waals surface area contributed by atoms with Crippen LogP contribution in [-0.4, -0.2) is 114 Å². The number of nitrogens with zero attached hydrogens (tertiary/aromatic N) is 5. The van der Waals surface area contributed by atoms with E-state index in [1.807, 2.05) is 47.2 Å². The van der Waals surface area contributed by atoms with E-state index >= 15 is 8.78 Å². The third-order valence-electron chi connectivity index (χ3n) is 13.0. The number of hydrogen-bond donors (Lipinski definition) is 3. The molecule has 10 rings (SSSR count). The van der Waals surface area contributed by atoms with Gasteiger partial charge in [-0.1, -0.05) is 24.0 Å². The standard InChI is InChI=1S/C46H41F3N8O6S/c47-31-13-16-56(23-31)64(62,63)53-37-10-9-36(48)40(41(37)49)42(59)35-21-51-43-34(35)19-29(20-50-43)28-5-3-27(4-6-28)2-1-15-54-17-14-46(24-54)25-55(26-46)32-7-8-33-30(18-32)22-57(45(33)61)38-11-12-39(58)52-44(38)60/h3-10,18-21,31,38,53H,11-17,22-26H2,(H,50,51)(H,52,58,60)/t31-,38?/m1/s1. The summed E-state index contributed by atoms with van der Waals surface area (Å²) in [4.78, 5) is 64.4. The first kappa shape index (κ1) is 41.5. The Morgan fingerprint density at radius 2 is 1.78 bits per heavy atom. The highest BCUT2D eigenvalue weighted by Crippen LogP contribution is 2.43. The molecule has 0 bridgehead atoms. The zero-order valence-corrected chi connectivity index (χ0v) is 35.1. The van der Waals surface area contributed by atoms with Crippen molar-refractivity contribution in [2.75, 3.05) is 55.4 Å². The molecule has 0 saturated carbocycles. The van der Waals surface area contributed by atoms with Gasteiger partial charge in [0.25, 0.3) is 5.91 Å². The van der Waals surface area contributed by atoms with Gasteiger partial charge in [-0.2, -0.15) is 12.7 Å². The van der Waals surface area contributed by atoms with Gasteiger partial charge in [-0.15, -0.1) is 0 Å². The number of aromatic amines is 1. The number of halogens is 3. The Labute approximate surface area is 366 Å². The van der Waals surface area contributed by atoms with Crippen molar-refractivity contribution >= 4 is 56.1 Å². The summed E-state index contributed by atoms with van der Waals surface area (Å²) >= 11 is 0. The summed E-state index contributed by atoms with van der Waals surface area (Å²) in [6.07, 6.45) is 3.15. The first-order valence-corrected chi connectivity index (χ1v) is 22.4. The molecule has 0 aliphatic carbocycles. The molecule has 4 saturated heterocycles. The molecule has 4 fully saturated rings. The highest BCUT2D eigenvalue weighted by Gasteiger charge is 2.48. The number of benzene rings is 3. The Balaban J connectivity index is 0.756. The average molecular weight is 891 g/mol. The van der Waals surface area contributed by atoms with Gasteiger partial charge in [-0.25, -0.2) is 18.2 Å². The van der Waals surface area contributed by atoms with E-state index in [1.165, 1.54) is 6.20 Å². The van der Waals surface area contributed by atoms with E-state index in [9.17, 15) is 32.0 Å². The molecule has 0 radical (unpaired) electrons. The molecule has 64 heavy (non-hydrogen) atoms. The molecule has 5 aliphatic rings. The quantitative estimate of drug-likeness (QED) is 0.107. The zero-order chi connectivity index (χ0) is 44.5. The van der Waals surface area contributed by atoms with Crippen LogP contribution in [0.15, 0.2) is 73.1 Å². The number of imide groups is 1. The van der Waals surface area contributed by atoms with Gasteiger partial charge in [0.05, 0.1) is 17.8 Å². The third-order valence-corrected chi connectivity index (χ3v) is 14.5. The van der Waals surface area contributed by atoms with Crippen molar-refractivity contribution in [3.05, 3.63) is 113 Å². The van der Waals surface area contributed by atoms with E-state index in [1.54, 1.807) is 17.2 Å². The fourth-order valence-electron chi connectivity index (χ4n) is 9.56. The van der Waals surface area contributed by atoms with Crippen molar-refractivity contribution in [2.24, 2.45) is 5.41 Å². The molecule has 3 aromatic carbocycles. The largest absolute Gasteiger partial charge is 0.370 e. The van der Waals surface area contributed by atoms with Gasteiger partial charge in [-0.05, 0) is 85.5 Å². The molecule has 328 valence electrons. The average Bonchev–Trinajstić information content (AvgIpc) is 4.07. The molecule has 7 heterocycles. The Hall–Kier alpha value is -6.55. The predicted octanol–water partition coefficient (Wildman–Crippen LogP) is 4.76. The number of carbonyl (C=O) groups excluding carboxylic acids is 4. The molecule has 18 heteroatoms. The molecule has 3 amide bonds. The number of hydrogen-bond acceptors (Lipinski definition) is 9. The number of aromatic nitrogens is 2. The van der Waals surface area contributed by atoms with Gasteiger partial charge in [0.2, 0.25) is 17.6 Å². The first-order chi connectivity index (χ1) is 30.7. The summed E-state index contributed by atoms with van der Waals surface area (Å²) in [7, 11) is -4.36. The lowest BCUT2D eigenvalue weighted by Gasteiger charge is -2.49. The monoisotopic (exact) mass is 890 g/mol. The normalized spacial score (nSPS) is 21.0. The number of carbonyl (C=O) groups is 4. The lowest BCUT2D eigenvalue weighted by molar-refractivity contribution is -0.136. The SMILES string of the molecule is O=C1CCC(N2Cc3cc(N4CC5(CCN(CC#Cc6ccc(-c7cnc8[nH]cc(C(=O)c9c(F)ccc(NS(=O)(=O)N%10CC[C@@H](F)C%10)c9F)c8c7)cc6)C5)C4)ccc3C2=O)C(=O)N1. The number of H-pyrrole nitrogens is 1. The number of anilines is 2. The highest BCUT2D eigenvalue weighted by atomic mass is 32.2. The minimum atomic E-state index is -4.36. The number of nitrogens with one attached hydrogen (secondary N) is 3. The summed E-state index contributed by atoms with van der Waals surface area (Å²) in [5.41, 5.74) is 3.58. The second kappa shape index (κ2) is 15.9. The summed E-state index contributed by atoms with van der Waals surface area (Å²) in [6.45, 7) is 4.12. The van der Waals surface area contributed by atoms with E-state index in [-0.39, 0.29) is 42.2 Å². The fraction of sp³-hybridized carbons (Fsp3) is 0.326. The molecule has 5 aliphatic heterocycles. The van der Waals surface area contributed by atoms with Gasteiger partial charge in [0, 0.05) is 96.8 Å². The van der Waals surface area contributed by atoms with Crippen LogP contribution < -0.4 is 14.9 Å². The topological polar surface area (TPSA) is 168 Å². The van der Waals surface area contributed by atoms with Crippen LogP contribution in [0.25, 0.3) is 22.2 Å². The maximum Gasteiger partial charge on any atom is 0.301 e. The molecule has 1 unspecified atom stereocenters. The van der Waals surface area contributed by atoms with Crippen LogP contribution in [0.1, 0.15) is 63.1 Å². The minimum absolute atomic E-state index is 0.00196. The van der Waals surface area contributed by atoms with Gasteiger partial charge in [0.15, 0.2) is 5.82 Å². The van der Waals surface area contributed by atoms with E-state index in [2.05, 4.69) is 36.9 Å². The van der Waals surface area contributed by atoms with Gasteiger partial charge < -0.3 is 14.8 Å². The van der Waals surface area contributed by atoms with E-state index in [4.69, 9.17) is 0 Å². The van der Waals surface area contributed by atoms with Gasteiger partial charge in [-0.3, -0.25) is 34.1 Å².